The first-order valence-electron chi connectivity index (χ1n) is 6.58. The molecule has 0 unspecified atom stereocenters. The second-order valence-corrected chi connectivity index (χ2v) is 4.08. The highest BCUT2D eigenvalue weighted by molar-refractivity contribution is 5.22. The zero-order valence-corrected chi connectivity index (χ0v) is 13.6. The van der Waals surface area contributed by atoms with Gasteiger partial charge >= 0.3 is 0 Å². The van der Waals surface area contributed by atoms with E-state index in [1.54, 1.807) is 5.01 Å². The topological polar surface area (TPSA) is 15.6 Å². The lowest BCUT2D eigenvalue weighted by atomic mass is 10.2. The van der Waals surface area contributed by atoms with Gasteiger partial charge in [0.2, 0.25) is 0 Å². The van der Waals surface area contributed by atoms with Gasteiger partial charge in [-0.05, 0) is 26.7 Å². The van der Waals surface area contributed by atoms with Crippen molar-refractivity contribution in [1.82, 2.24) is 5.01 Å². The van der Waals surface area contributed by atoms with Gasteiger partial charge in [0.1, 0.15) is 0 Å². The first kappa shape index (κ1) is 21.9. The van der Waals surface area contributed by atoms with Crippen molar-refractivity contribution in [3.8, 4) is 0 Å². The molecule has 18 heavy (non-hydrogen) atoms. The normalized spacial score (nSPS) is 9.39. The highest BCUT2D eigenvalue weighted by Gasteiger charge is 1.79. The fourth-order valence-corrected chi connectivity index (χ4v) is 0.812. The first-order valence-corrected chi connectivity index (χ1v) is 6.58. The Morgan fingerprint density at radius 2 is 1.67 bits per heavy atom. The van der Waals surface area contributed by atoms with Crippen molar-refractivity contribution in [3.63, 3.8) is 0 Å². The molecule has 0 N–H and O–H groups in total. The van der Waals surface area contributed by atoms with Crippen LogP contribution in [0, 0.1) is 5.92 Å². The van der Waals surface area contributed by atoms with Gasteiger partial charge in [-0.1, -0.05) is 57.6 Å². The summed E-state index contributed by atoms with van der Waals surface area (Å²) >= 11 is 0. The van der Waals surface area contributed by atoms with Gasteiger partial charge < -0.3 is 0 Å². The molecule has 0 rings (SSSR count). The molecular formula is C16H32N2. The summed E-state index contributed by atoms with van der Waals surface area (Å²) in [7, 11) is 1.85. The van der Waals surface area contributed by atoms with Crippen LogP contribution in [-0.4, -0.2) is 18.8 Å². The molecule has 0 saturated carbocycles. The standard InChI is InChI=1S/C8H14.C6H12N2.C2H6/c1-4-5-6-7-8(2)3;1-6(2)5-8(4)7-3;1-2/h4-8H,1-3H3;5H,3H2,1-2,4H3;1-2H3/b5-4-,7-6-;;. The summed E-state index contributed by atoms with van der Waals surface area (Å²) in [6.45, 7) is 17.7. The predicted octanol–water partition coefficient (Wildman–Crippen LogP) is 5.26. The Balaban J connectivity index is -0.000000219. The van der Waals surface area contributed by atoms with Crippen LogP contribution in [-0.2, 0) is 0 Å². The molecule has 0 atom stereocenters. The van der Waals surface area contributed by atoms with Crippen LogP contribution in [0.5, 0.6) is 0 Å². The monoisotopic (exact) mass is 252 g/mol. The van der Waals surface area contributed by atoms with Gasteiger partial charge in [-0.25, -0.2) is 0 Å². The van der Waals surface area contributed by atoms with Crippen LogP contribution in [0.2, 0.25) is 0 Å². The molecule has 2 heteroatoms. The number of hydrogen-bond acceptors (Lipinski definition) is 2. The SMILES string of the molecule is C/C=C\C=C/C(C)C.C=NN(C)C=C(C)C.CC. The van der Waals surface area contributed by atoms with E-state index in [0.29, 0.717) is 5.92 Å². The largest absolute Gasteiger partial charge is 0.277 e. The number of hydrogen-bond donors (Lipinski definition) is 0. The van der Waals surface area contributed by atoms with Crippen LogP contribution in [0.3, 0.4) is 0 Å². The third kappa shape index (κ3) is 29.3. The zero-order valence-electron chi connectivity index (χ0n) is 13.6. The summed E-state index contributed by atoms with van der Waals surface area (Å²) < 4.78 is 0. The predicted molar refractivity (Wildman–Crippen MR) is 86.9 cm³/mol. The zero-order chi connectivity index (χ0) is 15.0. The van der Waals surface area contributed by atoms with Gasteiger partial charge in [-0.3, -0.25) is 5.01 Å². The minimum absolute atomic E-state index is 0.672. The van der Waals surface area contributed by atoms with Crippen LogP contribution in [0.1, 0.15) is 48.5 Å². The minimum Gasteiger partial charge on any atom is -0.277 e. The van der Waals surface area contributed by atoms with Gasteiger partial charge in [0.05, 0.1) is 0 Å². The maximum Gasteiger partial charge on any atom is 0.0296 e. The number of hydrazone groups is 1. The van der Waals surface area contributed by atoms with Crippen molar-refractivity contribution < 1.29 is 0 Å². The Morgan fingerprint density at radius 3 is 1.89 bits per heavy atom. The number of allylic oxidation sites excluding steroid dienone is 5. The smallest absolute Gasteiger partial charge is 0.0296 e. The molecule has 0 fully saturated rings. The Morgan fingerprint density at radius 1 is 1.17 bits per heavy atom. The summed E-state index contributed by atoms with van der Waals surface area (Å²) in [4.78, 5) is 0. The molecule has 0 radical (unpaired) electrons. The maximum absolute atomic E-state index is 3.64. The molecule has 0 aliphatic carbocycles. The third-order valence-electron chi connectivity index (χ3n) is 1.47. The Kier molecular flexibility index (Phi) is 22.0. The highest BCUT2D eigenvalue weighted by Crippen LogP contribution is 1.92. The fraction of sp³-hybridized carbons (Fsp3) is 0.562. The molecular weight excluding hydrogens is 220 g/mol. The Labute approximate surface area is 115 Å². The second kappa shape index (κ2) is 18.1. The Bertz CT molecular complexity index is 244. The minimum atomic E-state index is 0.672. The molecule has 0 saturated heterocycles. The molecule has 0 aliphatic heterocycles. The van der Waals surface area contributed by atoms with E-state index in [-0.39, 0.29) is 0 Å². The average Bonchev–Trinajstić information content (AvgIpc) is 2.31. The van der Waals surface area contributed by atoms with Gasteiger partial charge in [0.15, 0.2) is 0 Å². The van der Waals surface area contributed by atoms with E-state index < -0.39 is 0 Å². The van der Waals surface area contributed by atoms with Gasteiger partial charge in [0.25, 0.3) is 0 Å². The van der Waals surface area contributed by atoms with Crippen LogP contribution >= 0.6 is 0 Å². The van der Waals surface area contributed by atoms with Crippen molar-refractivity contribution in [2.24, 2.45) is 11.0 Å². The lowest BCUT2D eigenvalue weighted by Crippen LogP contribution is -1.99. The van der Waals surface area contributed by atoms with Crippen molar-refractivity contribution in [2.75, 3.05) is 7.05 Å². The van der Waals surface area contributed by atoms with E-state index in [1.807, 2.05) is 60.0 Å². The average molecular weight is 252 g/mol. The van der Waals surface area contributed by atoms with E-state index in [9.17, 15) is 0 Å². The van der Waals surface area contributed by atoms with Gasteiger partial charge in [-0.15, -0.1) is 0 Å². The van der Waals surface area contributed by atoms with Crippen molar-refractivity contribution >= 4 is 6.72 Å². The van der Waals surface area contributed by atoms with Crippen LogP contribution in [0.25, 0.3) is 0 Å². The van der Waals surface area contributed by atoms with E-state index >= 15 is 0 Å². The van der Waals surface area contributed by atoms with E-state index in [4.69, 9.17) is 0 Å². The summed E-state index contributed by atoms with van der Waals surface area (Å²) in [5, 5.41) is 5.31. The summed E-state index contributed by atoms with van der Waals surface area (Å²) in [5.41, 5.74) is 1.22. The molecule has 0 bridgehead atoms. The molecule has 2 nitrogen and oxygen atoms in total. The highest BCUT2D eigenvalue weighted by atomic mass is 15.4. The first-order chi connectivity index (χ1) is 8.43. The lowest BCUT2D eigenvalue weighted by Gasteiger charge is -2.03. The van der Waals surface area contributed by atoms with E-state index in [2.05, 4.69) is 37.8 Å². The molecule has 0 aromatic rings. The number of rotatable bonds is 4. The van der Waals surface area contributed by atoms with Gasteiger partial charge in [-0.2, -0.15) is 5.10 Å². The molecule has 0 aliphatic rings. The van der Waals surface area contributed by atoms with E-state index in [1.165, 1.54) is 5.57 Å². The molecule has 0 aromatic carbocycles. The molecule has 106 valence electrons. The third-order valence-corrected chi connectivity index (χ3v) is 1.47. The number of nitrogens with zero attached hydrogens (tertiary/aromatic N) is 2. The van der Waals surface area contributed by atoms with Crippen molar-refractivity contribution in [3.05, 3.63) is 36.1 Å². The van der Waals surface area contributed by atoms with Crippen molar-refractivity contribution in [2.45, 2.75) is 48.5 Å². The van der Waals surface area contributed by atoms with Crippen LogP contribution < -0.4 is 0 Å². The molecule has 0 amide bonds. The molecule has 0 spiro atoms. The van der Waals surface area contributed by atoms with Gasteiger partial charge in [0, 0.05) is 20.0 Å². The van der Waals surface area contributed by atoms with Crippen molar-refractivity contribution in [1.29, 1.82) is 0 Å². The quantitative estimate of drug-likeness (QED) is 0.378. The van der Waals surface area contributed by atoms with Crippen LogP contribution in [0.15, 0.2) is 41.2 Å². The lowest BCUT2D eigenvalue weighted by molar-refractivity contribution is 0.491. The van der Waals surface area contributed by atoms with E-state index in [0.717, 1.165) is 0 Å². The Hall–Kier alpha value is -1.31. The summed E-state index contributed by atoms with van der Waals surface area (Å²) in [6, 6.07) is 0. The second-order valence-electron chi connectivity index (χ2n) is 4.08. The fourth-order valence-electron chi connectivity index (χ4n) is 0.812. The molecule has 0 heterocycles. The summed E-state index contributed by atoms with van der Waals surface area (Å²) in [6.07, 6.45) is 10.2. The maximum atomic E-state index is 3.64. The van der Waals surface area contributed by atoms with Crippen LogP contribution in [0.4, 0.5) is 0 Å². The summed E-state index contributed by atoms with van der Waals surface area (Å²) in [5.74, 6) is 0.672. The molecule has 0 aromatic heterocycles.